The van der Waals surface area contributed by atoms with Crippen molar-refractivity contribution in [3.05, 3.63) is 64.2 Å². The van der Waals surface area contributed by atoms with E-state index in [0.29, 0.717) is 10.9 Å². The Labute approximate surface area is 239 Å². The van der Waals surface area contributed by atoms with Crippen LogP contribution in [-0.2, 0) is 4.79 Å². The van der Waals surface area contributed by atoms with Crippen molar-refractivity contribution < 1.29 is 4.79 Å². The van der Waals surface area contributed by atoms with E-state index in [-0.39, 0.29) is 5.91 Å². The lowest BCUT2D eigenvalue weighted by molar-refractivity contribution is -0.113. The third-order valence-electron chi connectivity index (χ3n) is 7.94. The number of nitrogens with zero attached hydrogens (tertiary/aromatic N) is 5. The van der Waals surface area contributed by atoms with Crippen molar-refractivity contribution in [2.75, 3.05) is 44.2 Å². The molecule has 6 rings (SSSR count). The predicted octanol–water partition coefficient (Wildman–Crippen LogP) is 6.54. The van der Waals surface area contributed by atoms with Gasteiger partial charge in [-0.25, -0.2) is 0 Å². The van der Waals surface area contributed by atoms with Gasteiger partial charge in [-0.1, -0.05) is 23.7 Å². The van der Waals surface area contributed by atoms with E-state index in [4.69, 9.17) is 11.6 Å². The van der Waals surface area contributed by atoms with Gasteiger partial charge in [-0.3, -0.25) is 14.7 Å². The van der Waals surface area contributed by atoms with E-state index in [2.05, 4.69) is 62.8 Å². The molecule has 1 amide bonds. The Morgan fingerprint density at radius 3 is 2.46 bits per heavy atom. The van der Waals surface area contributed by atoms with Gasteiger partial charge in [0, 0.05) is 56.9 Å². The highest BCUT2D eigenvalue weighted by molar-refractivity contribution is 8.18. The first kappa shape index (κ1) is 26.4. The van der Waals surface area contributed by atoms with E-state index in [9.17, 15) is 4.79 Å². The van der Waals surface area contributed by atoms with Gasteiger partial charge in [0.05, 0.1) is 21.1 Å². The van der Waals surface area contributed by atoms with Gasteiger partial charge in [0.25, 0.3) is 5.91 Å². The molecule has 2 fully saturated rings. The number of benzene rings is 2. The monoisotopic (exact) mass is 559 g/mol. The van der Waals surface area contributed by atoms with Crippen molar-refractivity contribution in [1.29, 1.82) is 0 Å². The first-order chi connectivity index (χ1) is 19.0. The molecule has 39 heavy (non-hydrogen) atoms. The second kappa shape index (κ2) is 11.3. The fourth-order valence-corrected chi connectivity index (χ4v) is 6.95. The number of piperazine rings is 1. The Morgan fingerprint density at radius 1 is 0.923 bits per heavy atom. The molecule has 6 nitrogen and oxygen atoms in total. The standard InChI is InChI=1S/C31H34ClN5OS/c1-21(2)35-14-16-36(17-15-35)28-9-7-23(20-26(28)32)24-10-11-33-27-8-6-22(18-25(24)27)19-29-30(38)34-31(39-29)37-12-4-3-5-13-37/h6-11,18-21H,3-5,12-17H2,1-2H3. The molecule has 0 saturated carbocycles. The van der Waals surface area contributed by atoms with Crippen molar-refractivity contribution in [3.63, 3.8) is 0 Å². The smallest absolute Gasteiger partial charge is 0.286 e. The highest BCUT2D eigenvalue weighted by atomic mass is 35.5. The Hall–Kier alpha value is -2.87. The van der Waals surface area contributed by atoms with E-state index in [1.165, 1.54) is 18.2 Å². The molecule has 0 spiro atoms. The van der Waals surface area contributed by atoms with Crippen LogP contribution in [0.2, 0.25) is 5.02 Å². The zero-order chi connectivity index (χ0) is 26.9. The number of anilines is 1. The number of amidine groups is 1. The summed E-state index contributed by atoms with van der Waals surface area (Å²) in [6.45, 7) is 10.5. The molecule has 3 aliphatic rings. The number of hydrogen-bond acceptors (Lipinski definition) is 6. The summed E-state index contributed by atoms with van der Waals surface area (Å²) in [5.41, 5.74) is 5.11. The third kappa shape index (κ3) is 5.58. The van der Waals surface area contributed by atoms with Crippen molar-refractivity contribution >= 4 is 57.1 Å². The fraction of sp³-hybridized carbons (Fsp3) is 0.387. The molecule has 2 aromatic carbocycles. The van der Waals surface area contributed by atoms with Crippen LogP contribution in [0, 0.1) is 0 Å². The van der Waals surface area contributed by atoms with Gasteiger partial charge in [0.1, 0.15) is 0 Å². The lowest BCUT2D eigenvalue weighted by Gasteiger charge is -2.38. The van der Waals surface area contributed by atoms with E-state index >= 15 is 0 Å². The summed E-state index contributed by atoms with van der Waals surface area (Å²) in [7, 11) is 0. The summed E-state index contributed by atoms with van der Waals surface area (Å²) in [5, 5.41) is 2.65. The van der Waals surface area contributed by atoms with E-state index in [1.54, 1.807) is 0 Å². The van der Waals surface area contributed by atoms with Crippen molar-refractivity contribution in [1.82, 2.24) is 14.8 Å². The maximum atomic E-state index is 12.7. The number of aromatic nitrogens is 1. The maximum Gasteiger partial charge on any atom is 0.286 e. The lowest BCUT2D eigenvalue weighted by atomic mass is 9.99. The Kier molecular flexibility index (Phi) is 7.65. The van der Waals surface area contributed by atoms with Gasteiger partial charge < -0.3 is 9.80 Å². The lowest BCUT2D eigenvalue weighted by Crippen LogP contribution is -2.49. The van der Waals surface area contributed by atoms with Gasteiger partial charge in [-0.05, 0) is 98.0 Å². The molecule has 0 bridgehead atoms. The number of fused-ring (bicyclic) bond motifs is 1. The number of amides is 1. The summed E-state index contributed by atoms with van der Waals surface area (Å²) in [4.78, 5) is 29.5. The molecule has 8 heteroatoms. The molecule has 0 unspecified atom stereocenters. The molecular weight excluding hydrogens is 526 g/mol. The van der Waals surface area contributed by atoms with E-state index < -0.39 is 0 Å². The average molecular weight is 560 g/mol. The third-order valence-corrected chi connectivity index (χ3v) is 9.29. The molecule has 0 atom stereocenters. The molecule has 0 radical (unpaired) electrons. The van der Waals surface area contributed by atoms with Crippen LogP contribution in [0.1, 0.15) is 38.7 Å². The number of piperidine rings is 1. The average Bonchev–Trinajstić information content (AvgIpc) is 3.33. The van der Waals surface area contributed by atoms with E-state index in [1.807, 2.05) is 30.5 Å². The first-order valence-electron chi connectivity index (χ1n) is 13.9. The normalized spacial score (nSPS) is 19.9. The topological polar surface area (TPSA) is 52.0 Å². The molecule has 2 saturated heterocycles. The second-order valence-electron chi connectivity index (χ2n) is 10.8. The number of carbonyl (C=O) groups excluding carboxylic acids is 1. The largest absolute Gasteiger partial charge is 0.368 e. The summed E-state index contributed by atoms with van der Waals surface area (Å²) in [5.74, 6) is -0.149. The van der Waals surface area contributed by atoms with Gasteiger partial charge in [0.15, 0.2) is 5.17 Å². The van der Waals surface area contributed by atoms with Crippen LogP contribution >= 0.6 is 23.4 Å². The molecule has 0 aliphatic carbocycles. The number of likely N-dealkylation sites (tertiary alicyclic amines) is 1. The minimum atomic E-state index is -0.149. The number of rotatable bonds is 4. The first-order valence-corrected chi connectivity index (χ1v) is 15.1. The van der Waals surface area contributed by atoms with Crippen LogP contribution in [0.5, 0.6) is 0 Å². The van der Waals surface area contributed by atoms with Crippen LogP contribution in [-0.4, -0.2) is 71.2 Å². The highest BCUT2D eigenvalue weighted by Crippen LogP contribution is 2.36. The molecule has 1 aromatic heterocycles. The van der Waals surface area contributed by atoms with Gasteiger partial charge in [0.2, 0.25) is 0 Å². The number of carbonyl (C=O) groups is 1. The van der Waals surface area contributed by atoms with Gasteiger partial charge in [-0.15, -0.1) is 0 Å². The number of hydrogen-bond donors (Lipinski definition) is 0. The summed E-state index contributed by atoms with van der Waals surface area (Å²) in [6, 6.07) is 15.1. The van der Waals surface area contributed by atoms with Crippen molar-refractivity contribution in [2.45, 2.75) is 39.2 Å². The molecule has 3 aliphatic heterocycles. The van der Waals surface area contributed by atoms with Crippen LogP contribution in [0.25, 0.3) is 28.1 Å². The summed E-state index contributed by atoms with van der Waals surface area (Å²) < 4.78 is 0. The van der Waals surface area contributed by atoms with Gasteiger partial charge in [-0.2, -0.15) is 4.99 Å². The maximum absolute atomic E-state index is 12.7. The van der Waals surface area contributed by atoms with E-state index in [0.717, 1.165) is 95.6 Å². The molecule has 3 aromatic rings. The molecule has 202 valence electrons. The van der Waals surface area contributed by atoms with Crippen molar-refractivity contribution in [3.8, 4) is 11.1 Å². The minimum absolute atomic E-state index is 0.149. The molecular formula is C31H34ClN5OS. The minimum Gasteiger partial charge on any atom is -0.368 e. The second-order valence-corrected chi connectivity index (χ2v) is 12.2. The highest BCUT2D eigenvalue weighted by Gasteiger charge is 2.27. The predicted molar refractivity (Wildman–Crippen MR) is 165 cm³/mol. The number of thioether (sulfide) groups is 1. The Balaban J connectivity index is 1.25. The fourth-order valence-electron chi connectivity index (χ4n) is 5.69. The summed E-state index contributed by atoms with van der Waals surface area (Å²) in [6.07, 6.45) is 7.37. The van der Waals surface area contributed by atoms with Crippen LogP contribution in [0.15, 0.2) is 58.6 Å². The number of aliphatic imine (C=N–C) groups is 1. The Morgan fingerprint density at radius 2 is 1.72 bits per heavy atom. The van der Waals surface area contributed by atoms with Crippen LogP contribution in [0.4, 0.5) is 5.69 Å². The van der Waals surface area contributed by atoms with Crippen molar-refractivity contribution in [2.24, 2.45) is 4.99 Å². The SMILES string of the molecule is CC(C)N1CCN(c2ccc(-c3ccnc4ccc(C=C5SC(N6CCCCC6)=NC5=O)cc34)cc2Cl)CC1. The molecule has 0 N–H and O–H groups in total. The zero-order valence-electron chi connectivity index (χ0n) is 22.6. The quantitative estimate of drug-likeness (QED) is 0.338. The number of pyridine rings is 1. The number of halogens is 1. The van der Waals surface area contributed by atoms with Crippen LogP contribution < -0.4 is 4.90 Å². The zero-order valence-corrected chi connectivity index (χ0v) is 24.1. The van der Waals surface area contributed by atoms with Crippen LogP contribution in [0.3, 0.4) is 0 Å². The van der Waals surface area contributed by atoms with Gasteiger partial charge >= 0.3 is 0 Å². The Bertz CT molecular complexity index is 1450. The molecule has 4 heterocycles. The summed E-state index contributed by atoms with van der Waals surface area (Å²) >= 11 is 8.36.